The van der Waals surface area contributed by atoms with Crippen molar-refractivity contribution < 1.29 is 19.0 Å². The lowest BCUT2D eigenvalue weighted by atomic mass is 10.1. The zero-order valence-corrected chi connectivity index (χ0v) is 14.8. The van der Waals surface area contributed by atoms with E-state index in [9.17, 15) is 4.79 Å². The Bertz CT molecular complexity index is 341. The Morgan fingerprint density at radius 1 is 1.25 bits per heavy atom. The number of amides is 1. The standard InChI is InChI=1S/C14H26BrNO4/c1-13(2,3)20-12(17)16-7-10(15)11(8-16)19-9-14(4,5)18-6/h10-11H,7-9H2,1-6H3. The van der Waals surface area contributed by atoms with Crippen LogP contribution in [0.4, 0.5) is 4.79 Å². The van der Waals surface area contributed by atoms with E-state index in [0.29, 0.717) is 19.7 Å². The first-order chi connectivity index (χ1) is 9.04. The van der Waals surface area contributed by atoms with Crippen molar-refractivity contribution in [3.05, 3.63) is 0 Å². The van der Waals surface area contributed by atoms with Crippen LogP contribution in [0.3, 0.4) is 0 Å². The van der Waals surface area contributed by atoms with E-state index in [2.05, 4.69) is 15.9 Å². The molecule has 1 rings (SSSR count). The van der Waals surface area contributed by atoms with Gasteiger partial charge in [0.25, 0.3) is 0 Å². The maximum Gasteiger partial charge on any atom is 0.410 e. The van der Waals surface area contributed by atoms with Gasteiger partial charge in [-0.15, -0.1) is 0 Å². The van der Waals surface area contributed by atoms with Gasteiger partial charge in [0.1, 0.15) is 5.60 Å². The highest BCUT2D eigenvalue weighted by Gasteiger charge is 2.37. The van der Waals surface area contributed by atoms with Gasteiger partial charge in [0.15, 0.2) is 0 Å². The molecule has 0 aromatic carbocycles. The molecule has 2 atom stereocenters. The van der Waals surface area contributed by atoms with E-state index in [1.807, 2.05) is 34.6 Å². The molecule has 5 nitrogen and oxygen atoms in total. The van der Waals surface area contributed by atoms with E-state index in [1.165, 1.54) is 0 Å². The Hall–Kier alpha value is -0.330. The van der Waals surface area contributed by atoms with Crippen LogP contribution in [0, 0.1) is 0 Å². The number of nitrogens with zero attached hydrogens (tertiary/aromatic N) is 1. The number of rotatable bonds is 4. The first kappa shape index (κ1) is 17.7. The van der Waals surface area contributed by atoms with Gasteiger partial charge in [0.2, 0.25) is 0 Å². The average molecular weight is 352 g/mol. The molecular formula is C14H26BrNO4. The molecule has 0 aromatic heterocycles. The Balaban J connectivity index is 2.49. The molecule has 1 aliphatic rings. The summed E-state index contributed by atoms with van der Waals surface area (Å²) in [6, 6.07) is 0. The largest absolute Gasteiger partial charge is 0.444 e. The molecule has 1 aliphatic heterocycles. The smallest absolute Gasteiger partial charge is 0.410 e. The molecule has 0 saturated carbocycles. The molecule has 2 unspecified atom stereocenters. The van der Waals surface area contributed by atoms with Crippen molar-refractivity contribution in [2.45, 2.75) is 56.8 Å². The molecule has 1 heterocycles. The number of alkyl halides is 1. The van der Waals surface area contributed by atoms with Crippen LogP contribution in [0.15, 0.2) is 0 Å². The second kappa shape index (κ2) is 6.62. The molecule has 0 radical (unpaired) electrons. The van der Waals surface area contributed by atoms with Crippen molar-refractivity contribution in [1.82, 2.24) is 4.90 Å². The van der Waals surface area contributed by atoms with E-state index in [1.54, 1.807) is 12.0 Å². The minimum absolute atomic E-state index is 0.0445. The van der Waals surface area contributed by atoms with Crippen LogP contribution in [0.1, 0.15) is 34.6 Å². The van der Waals surface area contributed by atoms with Gasteiger partial charge in [-0.25, -0.2) is 4.79 Å². The van der Waals surface area contributed by atoms with Crippen LogP contribution < -0.4 is 0 Å². The van der Waals surface area contributed by atoms with Crippen LogP contribution in [0.5, 0.6) is 0 Å². The van der Waals surface area contributed by atoms with E-state index in [-0.39, 0.29) is 22.6 Å². The second-order valence-electron chi connectivity index (χ2n) is 6.71. The van der Waals surface area contributed by atoms with Crippen molar-refractivity contribution in [2.24, 2.45) is 0 Å². The highest BCUT2D eigenvalue weighted by atomic mass is 79.9. The number of ether oxygens (including phenoxy) is 3. The van der Waals surface area contributed by atoms with Gasteiger partial charge >= 0.3 is 6.09 Å². The number of methoxy groups -OCH3 is 1. The number of hydrogen-bond acceptors (Lipinski definition) is 4. The minimum atomic E-state index is -0.476. The van der Waals surface area contributed by atoms with Gasteiger partial charge in [-0.1, -0.05) is 15.9 Å². The van der Waals surface area contributed by atoms with E-state index < -0.39 is 5.60 Å². The van der Waals surface area contributed by atoms with Crippen LogP contribution >= 0.6 is 15.9 Å². The van der Waals surface area contributed by atoms with E-state index in [4.69, 9.17) is 14.2 Å². The predicted molar refractivity (Wildman–Crippen MR) is 81.4 cm³/mol. The maximum atomic E-state index is 12.0. The molecule has 0 bridgehead atoms. The van der Waals surface area contributed by atoms with E-state index in [0.717, 1.165) is 0 Å². The predicted octanol–water partition coefficient (Wildman–Crippen LogP) is 2.81. The third-order valence-corrected chi connectivity index (χ3v) is 3.93. The second-order valence-corrected chi connectivity index (χ2v) is 7.89. The minimum Gasteiger partial charge on any atom is -0.444 e. The van der Waals surface area contributed by atoms with Crippen molar-refractivity contribution in [2.75, 3.05) is 26.8 Å². The van der Waals surface area contributed by atoms with Crippen LogP contribution in [-0.2, 0) is 14.2 Å². The molecule has 0 aliphatic carbocycles. The zero-order valence-electron chi connectivity index (χ0n) is 13.2. The first-order valence-electron chi connectivity index (χ1n) is 6.83. The molecule has 0 spiro atoms. The van der Waals surface area contributed by atoms with Crippen LogP contribution in [-0.4, -0.2) is 59.9 Å². The summed E-state index contributed by atoms with van der Waals surface area (Å²) in [6.45, 7) is 11.1. The molecule has 6 heteroatoms. The quantitative estimate of drug-likeness (QED) is 0.730. The number of likely N-dealkylation sites (tertiary alicyclic amines) is 1. The number of carbonyl (C=O) groups excluding carboxylic acids is 1. The summed E-state index contributed by atoms with van der Waals surface area (Å²) in [5, 5.41) is 0. The Morgan fingerprint density at radius 2 is 1.85 bits per heavy atom. The summed E-state index contributed by atoms with van der Waals surface area (Å²) in [4.78, 5) is 13.8. The van der Waals surface area contributed by atoms with Gasteiger partial charge in [-0.3, -0.25) is 0 Å². The summed E-state index contributed by atoms with van der Waals surface area (Å²) < 4.78 is 16.6. The van der Waals surface area contributed by atoms with E-state index >= 15 is 0 Å². The topological polar surface area (TPSA) is 48.0 Å². The number of hydrogen-bond donors (Lipinski definition) is 0. The molecule has 1 amide bonds. The van der Waals surface area contributed by atoms with Crippen LogP contribution in [0.2, 0.25) is 0 Å². The lowest BCUT2D eigenvalue weighted by Crippen LogP contribution is -2.37. The first-order valence-corrected chi connectivity index (χ1v) is 7.74. The molecule has 1 saturated heterocycles. The average Bonchev–Trinajstić information content (AvgIpc) is 2.66. The molecule has 1 fully saturated rings. The summed E-state index contributed by atoms with van der Waals surface area (Å²) >= 11 is 3.57. The molecule has 0 aromatic rings. The normalized spacial score (nSPS) is 24.1. The van der Waals surface area contributed by atoms with Gasteiger partial charge < -0.3 is 19.1 Å². The Labute approximate surface area is 130 Å². The molecular weight excluding hydrogens is 326 g/mol. The molecule has 20 heavy (non-hydrogen) atoms. The lowest BCUT2D eigenvalue weighted by molar-refractivity contribution is -0.0711. The lowest BCUT2D eigenvalue weighted by Gasteiger charge is -2.26. The van der Waals surface area contributed by atoms with Gasteiger partial charge in [-0.2, -0.15) is 0 Å². The Morgan fingerprint density at radius 3 is 2.35 bits per heavy atom. The van der Waals surface area contributed by atoms with Gasteiger partial charge in [0.05, 0.1) is 29.7 Å². The fraction of sp³-hybridized carbons (Fsp3) is 0.929. The van der Waals surface area contributed by atoms with Gasteiger partial charge in [0, 0.05) is 13.7 Å². The Kier molecular flexibility index (Phi) is 5.87. The van der Waals surface area contributed by atoms with Crippen molar-refractivity contribution in [3.8, 4) is 0 Å². The molecule has 0 N–H and O–H groups in total. The fourth-order valence-electron chi connectivity index (χ4n) is 1.73. The van der Waals surface area contributed by atoms with Crippen LogP contribution in [0.25, 0.3) is 0 Å². The van der Waals surface area contributed by atoms with Gasteiger partial charge in [-0.05, 0) is 34.6 Å². The maximum absolute atomic E-state index is 12.0. The third kappa shape index (κ3) is 5.58. The van der Waals surface area contributed by atoms with Crippen molar-refractivity contribution in [1.29, 1.82) is 0 Å². The monoisotopic (exact) mass is 351 g/mol. The fourth-order valence-corrected chi connectivity index (χ4v) is 2.40. The number of carbonyl (C=O) groups is 1. The molecule has 118 valence electrons. The zero-order chi connectivity index (χ0) is 15.6. The SMILES string of the molecule is COC(C)(C)COC1CN(C(=O)OC(C)(C)C)CC1Br. The highest BCUT2D eigenvalue weighted by Crippen LogP contribution is 2.24. The number of halogens is 1. The summed E-state index contributed by atoms with van der Waals surface area (Å²) in [6.07, 6.45) is -0.337. The van der Waals surface area contributed by atoms with Crippen molar-refractivity contribution in [3.63, 3.8) is 0 Å². The summed E-state index contributed by atoms with van der Waals surface area (Å²) in [5.74, 6) is 0. The highest BCUT2D eigenvalue weighted by molar-refractivity contribution is 9.09. The summed E-state index contributed by atoms with van der Waals surface area (Å²) in [5.41, 5.74) is -0.804. The third-order valence-electron chi connectivity index (χ3n) is 3.05. The van der Waals surface area contributed by atoms with Crippen molar-refractivity contribution >= 4 is 22.0 Å². The summed E-state index contributed by atoms with van der Waals surface area (Å²) in [7, 11) is 1.66.